The number of carbonyl (C=O) groups excluding carboxylic acids is 2. The van der Waals surface area contributed by atoms with E-state index in [1.54, 1.807) is 0 Å². The summed E-state index contributed by atoms with van der Waals surface area (Å²) >= 11 is 0. The first-order valence-electron chi connectivity index (χ1n) is 11.2. The summed E-state index contributed by atoms with van der Waals surface area (Å²) < 4.78 is 20.5. The normalized spacial score (nSPS) is 22.9. The lowest BCUT2D eigenvalue weighted by Gasteiger charge is -2.39. The summed E-state index contributed by atoms with van der Waals surface area (Å²) in [6.07, 6.45) is -9.91. The van der Waals surface area contributed by atoms with Gasteiger partial charge in [0, 0.05) is 17.7 Å². The van der Waals surface area contributed by atoms with Crippen molar-refractivity contribution in [3.05, 3.63) is 40.6 Å². The van der Waals surface area contributed by atoms with E-state index in [0.717, 1.165) is 24.3 Å². The molecule has 0 saturated carbocycles. The molecule has 0 unspecified atom stereocenters. The van der Waals surface area contributed by atoms with Crippen molar-refractivity contribution < 1.29 is 69.1 Å². The topological polar surface area (TPSA) is 254 Å². The van der Waals surface area contributed by atoms with Gasteiger partial charge in [-0.25, -0.2) is 0 Å². The Morgan fingerprint density at radius 3 is 2.26 bits per heavy atom. The molecular formula is C24H22O15. The van der Waals surface area contributed by atoms with Crippen LogP contribution in [0.5, 0.6) is 28.7 Å². The third-order valence-electron chi connectivity index (χ3n) is 5.76. The molecule has 1 aliphatic rings. The number of hydrogen-bond donors (Lipinski definition) is 8. The Labute approximate surface area is 216 Å². The second kappa shape index (κ2) is 10.8. The van der Waals surface area contributed by atoms with Gasteiger partial charge in [-0.05, 0) is 18.2 Å². The number of benzene rings is 2. The number of rotatable bonds is 6. The highest BCUT2D eigenvalue weighted by molar-refractivity contribution is 5.94. The molecule has 3 aromatic rings. The van der Waals surface area contributed by atoms with Crippen molar-refractivity contribution in [2.75, 3.05) is 6.61 Å². The van der Waals surface area contributed by atoms with Gasteiger partial charge in [0.1, 0.15) is 53.3 Å². The molecule has 1 fully saturated rings. The van der Waals surface area contributed by atoms with Gasteiger partial charge in [0.15, 0.2) is 17.3 Å². The van der Waals surface area contributed by atoms with E-state index in [-0.39, 0.29) is 11.1 Å². The fraction of sp³-hybridized carbons (Fsp3) is 0.292. The van der Waals surface area contributed by atoms with E-state index >= 15 is 0 Å². The Bertz CT molecular complexity index is 1480. The molecule has 0 amide bonds. The van der Waals surface area contributed by atoms with Crippen molar-refractivity contribution in [2.45, 2.75) is 37.1 Å². The molecule has 4 rings (SSSR count). The predicted octanol–water partition coefficient (Wildman–Crippen LogP) is -1.08. The van der Waals surface area contributed by atoms with E-state index in [9.17, 15) is 55.2 Å². The highest BCUT2D eigenvalue weighted by atomic mass is 16.7. The number of phenols is 4. The maximum Gasteiger partial charge on any atom is 0.322 e. The summed E-state index contributed by atoms with van der Waals surface area (Å²) in [6.45, 7) is -0.793. The third-order valence-corrected chi connectivity index (χ3v) is 5.76. The monoisotopic (exact) mass is 550 g/mol. The van der Waals surface area contributed by atoms with Crippen LogP contribution in [-0.4, -0.2) is 90.1 Å². The molecule has 2 heterocycles. The van der Waals surface area contributed by atoms with E-state index in [0.29, 0.717) is 0 Å². The first-order valence-corrected chi connectivity index (χ1v) is 11.2. The number of carbonyl (C=O) groups is 2. The van der Waals surface area contributed by atoms with E-state index in [1.165, 1.54) is 6.07 Å². The van der Waals surface area contributed by atoms with Crippen LogP contribution in [0.1, 0.15) is 6.42 Å². The average molecular weight is 550 g/mol. The number of aliphatic hydroxyl groups excluding tert-OH is 4. The number of ether oxygens (including phenoxy) is 3. The maximum absolute atomic E-state index is 13.2. The minimum absolute atomic E-state index is 0.0844. The first kappa shape index (κ1) is 27.6. The third kappa shape index (κ3) is 5.43. The average Bonchev–Trinajstić information content (AvgIpc) is 2.87. The molecule has 8 N–H and O–H groups in total. The summed E-state index contributed by atoms with van der Waals surface area (Å²) in [7, 11) is 0. The molecular weight excluding hydrogens is 528 g/mol. The molecule has 15 nitrogen and oxygen atoms in total. The standard InChI is InChI=1S/C24H22O15/c25-7-14-18(32)20(34)21(35)24(37-14)39-16(31)6-15(30)38-23-19(33)17-12(29)4-9(26)5-13(17)36-22(23)8-1-2-10(27)11(28)3-8/h1-5,14,18,20-21,24-29,32,34-35H,6-7H2/t14-,18-,20+,21-,24-/m1/s1. The lowest BCUT2D eigenvalue weighted by Crippen LogP contribution is -2.59. The van der Waals surface area contributed by atoms with E-state index in [2.05, 4.69) is 0 Å². The van der Waals surface area contributed by atoms with Gasteiger partial charge in [-0.3, -0.25) is 14.4 Å². The zero-order valence-electron chi connectivity index (χ0n) is 19.6. The van der Waals surface area contributed by atoms with Crippen LogP contribution < -0.4 is 10.2 Å². The van der Waals surface area contributed by atoms with Gasteiger partial charge in [0.2, 0.25) is 17.5 Å². The SMILES string of the molecule is O=C(CC(=O)O[C@H]1O[C@H](CO)[C@@H](O)[C@H](O)[C@H]1O)Oc1c(-c2ccc(O)c(O)c2)oc2cc(O)cc(O)c2c1=O. The number of hydrogen-bond acceptors (Lipinski definition) is 15. The first-order chi connectivity index (χ1) is 18.4. The van der Waals surface area contributed by atoms with Gasteiger partial charge in [-0.1, -0.05) is 0 Å². The molecule has 1 saturated heterocycles. The minimum atomic E-state index is -1.93. The smallest absolute Gasteiger partial charge is 0.322 e. The molecule has 0 aliphatic carbocycles. The van der Waals surface area contributed by atoms with Crippen molar-refractivity contribution in [3.8, 4) is 40.1 Å². The van der Waals surface area contributed by atoms with Crippen molar-refractivity contribution in [3.63, 3.8) is 0 Å². The number of aromatic hydroxyl groups is 4. The highest BCUT2D eigenvalue weighted by Crippen LogP contribution is 2.38. The zero-order chi connectivity index (χ0) is 28.6. The molecule has 15 heteroatoms. The lowest BCUT2D eigenvalue weighted by atomic mass is 9.99. The number of esters is 2. The molecule has 1 aromatic heterocycles. The van der Waals surface area contributed by atoms with Crippen molar-refractivity contribution in [1.29, 1.82) is 0 Å². The van der Waals surface area contributed by atoms with Crippen LogP contribution >= 0.6 is 0 Å². The van der Waals surface area contributed by atoms with Crippen molar-refractivity contribution >= 4 is 22.9 Å². The second-order valence-electron chi connectivity index (χ2n) is 8.47. The lowest BCUT2D eigenvalue weighted by molar-refractivity contribution is -0.292. The molecule has 39 heavy (non-hydrogen) atoms. The van der Waals surface area contributed by atoms with Crippen LogP contribution in [0.25, 0.3) is 22.3 Å². The van der Waals surface area contributed by atoms with Crippen LogP contribution in [0.3, 0.4) is 0 Å². The number of aliphatic hydroxyl groups is 4. The molecule has 5 atom stereocenters. The largest absolute Gasteiger partial charge is 0.508 e. The van der Waals surface area contributed by atoms with Gasteiger partial charge < -0.3 is 59.5 Å². The summed E-state index contributed by atoms with van der Waals surface area (Å²) in [6, 6.07) is 5.01. The molecule has 0 spiro atoms. The Balaban J connectivity index is 1.63. The van der Waals surface area contributed by atoms with Crippen LogP contribution in [-0.2, 0) is 19.1 Å². The van der Waals surface area contributed by atoms with Crippen LogP contribution in [0, 0.1) is 0 Å². The predicted molar refractivity (Wildman–Crippen MR) is 125 cm³/mol. The van der Waals surface area contributed by atoms with E-state index in [4.69, 9.17) is 18.6 Å². The Hall–Kier alpha value is -4.41. The molecule has 1 aliphatic heterocycles. The van der Waals surface area contributed by atoms with Gasteiger partial charge in [0.25, 0.3) is 0 Å². The van der Waals surface area contributed by atoms with Gasteiger partial charge in [0.05, 0.1) is 6.61 Å². The highest BCUT2D eigenvalue weighted by Gasteiger charge is 2.45. The van der Waals surface area contributed by atoms with Gasteiger partial charge in [-0.15, -0.1) is 0 Å². The van der Waals surface area contributed by atoms with E-state index < -0.39 is 101 Å². The van der Waals surface area contributed by atoms with Crippen LogP contribution in [0.15, 0.2) is 39.5 Å². The molecule has 0 bridgehead atoms. The maximum atomic E-state index is 13.2. The second-order valence-corrected chi connectivity index (χ2v) is 8.47. The summed E-state index contributed by atoms with van der Waals surface area (Å²) in [5.41, 5.74) is -1.52. The van der Waals surface area contributed by atoms with Gasteiger partial charge >= 0.3 is 11.9 Å². The van der Waals surface area contributed by atoms with Crippen molar-refractivity contribution in [2.24, 2.45) is 0 Å². The minimum Gasteiger partial charge on any atom is -0.508 e. The molecule has 0 radical (unpaired) electrons. The van der Waals surface area contributed by atoms with Gasteiger partial charge in [-0.2, -0.15) is 0 Å². The fourth-order valence-corrected chi connectivity index (χ4v) is 3.82. The quantitative estimate of drug-likeness (QED) is 0.103. The Kier molecular flexibility index (Phi) is 7.62. The summed E-state index contributed by atoms with van der Waals surface area (Å²) in [5.74, 6) is -6.41. The zero-order valence-corrected chi connectivity index (χ0v) is 19.6. The Morgan fingerprint density at radius 1 is 0.872 bits per heavy atom. The number of phenolic OH excluding ortho intramolecular Hbond substituents is 4. The van der Waals surface area contributed by atoms with Crippen molar-refractivity contribution in [1.82, 2.24) is 0 Å². The van der Waals surface area contributed by atoms with Crippen LogP contribution in [0.2, 0.25) is 0 Å². The summed E-state index contributed by atoms with van der Waals surface area (Å²) in [5, 5.41) is 77.7. The van der Waals surface area contributed by atoms with Crippen LogP contribution in [0.4, 0.5) is 0 Å². The van der Waals surface area contributed by atoms with E-state index in [1.807, 2.05) is 0 Å². The molecule has 208 valence electrons. The Morgan fingerprint density at radius 2 is 1.59 bits per heavy atom. The molecule has 2 aromatic carbocycles. The fourth-order valence-electron chi connectivity index (χ4n) is 3.82. The number of fused-ring (bicyclic) bond motifs is 1. The summed E-state index contributed by atoms with van der Waals surface area (Å²) in [4.78, 5) is 38.1.